The summed E-state index contributed by atoms with van der Waals surface area (Å²) < 4.78 is 25.9. The molecule has 140 valence electrons. The molecule has 25 heavy (non-hydrogen) atoms. The van der Waals surface area contributed by atoms with E-state index in [2.05, 4.69) is 26.9 Å². The number of hydrogen-bond acceptors (Lipinski definition) is 6. The van der Waals surface area contributed by atoms with Gasteiger partial charge in [-0.15, -0.1) is 10.2 Å². The average Bonchev–Trinajstić information content (AvgIpc) is 2.63. The zero-order valence-corrected chi connectivity index (χ0v) is 16.1. The van der Waals surface area contributed by atoms with Crippen molar-refractivity contribution < 1.29 is 8.42 Å². The molecule has 0 aromatic carbocycles. The molecule has 2 aliphatic heterocycles. The van der Waals surface area contributed by atoms with Gasteiger partial charge in [0.25, 0.3) is 0 Å². The minimum absolute atomic E-state index is 0.232. The van der Waals surface area contributed by atoms with Crippen molar-refractivity contribution in [1.29, 1.82) is 0 Å². The molecule has 2 fully saturated rings. The molecule has 1 aromatic rings. The number of aromatic nitrogens is 2. The van der Waals surface area contributed by atoms with Gasteiger partial charge in [-0.3, -0.25) is 0 Å². The topological polar surface area (TPSA) is 69.6 Å². The Morgan fingerprint density at radius 2 is 1.48 bits per heavy atom. The van der Waals surface area contributed by atoms with Crippen LogP contribution in [0, 0.1) is 5.92 Å². The van der Waals surface area contributed by atoms with Gasteiger partial charge in [-0.1, -0.05) is 13.8 Å². The van der Waals surface area contributed by atoms with E-state index in [1.165, 1.54) is 12.8 Å². The molecule has 3 heterocycles. The minimum Gasteiger partial charge on any atom is -0.355 e. The lowest BCUT2D eigenvalue weighted by molar-refractivity contribution is 0.383. The van der Waals surface area contributed by atoms with E-state index in [0.29, 0.717) is 32.6 Å². The van der Waals surface area contributed by atoms with Crippen molar-refractivity contribution in [3.05, 3.63) is 12.1 Å². The molecule has 0 radical (unpaired) electrons. The van der Waals surface area contributed by atoms with Crippen LogP contribution in [0.25, 0.3) is 0 Å². The van der Waals surface area contributed by atoms with E-state index in [4.69, 9.17) is 0 Å². The number of nitrogens with zero attached hydrogens (tertiary/aromatic N) is 5. The molecule has 1 aromatic heterocycles. The highest BCUT2D eigenvalue weighted by atomic mass is 32.2. The highest BCUT2D eigenvalue weighted by Gasteiger charge is 2.27. The molecule has 2 saturated heterocycles. The summed E-state index contributed by atoms with van der Waals surface area (Å²) in [5, 5.41) is 8.79. The van der Waals surface area contributed by atoms with Gasteiger partial charge in [-0.25, -0.2) is 8.42 Å². The van der Waals surface area contributed by atoms with Crippen LogP contribution in [0.4, 0.5) is 11.6 Å². The largest absolute Gasteiger partial charge is 0.355 e. The van der Waals surface area contributed by atoms with E-state index < -0.39 is 10.0 Å². The first-order valence-electron chi connectivity index (χ1n) is 9.31. The second-order valence-corrected chi connectivity index (χ2v) is 9.21. The summed E-state index contributed by atoms with van der Waals surface area (Å²) in [5.41, 5.74) is 0. The van der Waals surface area contributed by atoms with Crippen molar-refractivity contribution in [2.75, 3.05) is 54.8 Å². The quantitative estimate of drug-likeness (QED) is 0.787. The zero-order chi connectivity index (χ0) is 17.9. The number of piperidine rings is 1. The summed E-state index contributed by atoms with van der Waals surface area (Å²) >= 11 is 0. The third-order valence-corrected chi connectivity index (χ3v) is 7.24. The first-order chi connectivity index (χ1) is 12.0. The summed E-state index contributed by atoms with van der Waals surface area (Å²) in [6.45, 7) is 8.66. The van der Waals surface area contributed by atoms with Gasteiger partial charge >= 0.3 is 0 Å². The van der Waals surface area contributed by atoms with Crippen LogP contribution in [-0.2, 0) is 10.0 Å². The molecule has 0 aliphatic carbocycles. The van der Waals surface area contributed by atoms with Gasteiger partial charge in [0.1, 0.15) is 0 Å². The van der Waals surface area contributed by atoms with Crippen molar-refractivity contribution in [3.8, 4) is 0 Å². The van der Waals surface area contributed by atoms with Crippen molar-refractivity contribution in [1.82, 2.24) is 14.5 Å². The predicted molar refractivity (Wildman–Crippen MR) is 101 cm³/mol. The fourth-order valence-corrected chi connectivity index (χ4v) is 4.97. The molecule has 0 amide bonds. The smallest absolute Gasteiger partial charge is 0.214 e. The maximum atomic E-state index is 12.1. The summed E-state index contributed by atoms with van der Waals surface area (Å²) in [4.78, 5) is 4.42. The van der Waals surface area contributed by atoms with Crippen LogP contribution in [0.3, 0.4) is 0 Å². The van der Waals surface area contributed by atoms with Crippen LogP contribution in [-0.4, -0.2) is 67.9 Å². The highest BCUT2D eigenvalue weighted by molar-refractivity contribution is 7.89. The van der Waals surface area contributed by atoms with Crippen LogP contribution in [0.5, 0.6) is 0 Å². The predicted octanol–water partition coefficient (Wildman–Crippen LogP) is 1.57. The van der Waals surface area contributed by atoms with E-state index in [-0.39, 0.29) is 5.75 Å². The number of sulfonamides is 1. The van der Waals surface area contributed by atoms with Crippen LogP contribution in [0.2, 0.25) is 0 Å². The van der Waals surface area contributed by atoms with Gasteiger partial charge in [0, 0.05) is 39.3 Å². The molecule has 0 unspecified atom stereocenters. The molecule has 2 aliphatic rings. The van der Waals surface area contributed by atoms with Gasteiger partial charge < -0.3 is 9.80 Å². The van der Waals surface area contributed by atoms with Crippen molar-refractivity contribution >= 4 is 21.7 Å². The van der Waals surface area contributed by atoms with Gasteiger partial charge in [0.2, 0.25) is 10.0 Å². The standard InChI is InChI=1S/C17H29N5O2S/c1-3-14-25(23,24)22-12-10-21(11-13-22)17-5-4-16(18-19-17)20-8-6-15(2)7-9-20/h4-5,15H,3,6-14H2,1-2H3. The first kappa shape index (κ1) is 18.4. The van der Waals surface area contributed by atoms with E-state index in [9.17, 15) is 8.42 Å². The summed E-state index contributed by atoms with van der Waals surface area (Å²) in [7, 11) is -3.10. The molecule has 0 spiro atoms. The molecule has 0 N–H and O–H groups in total. The number of hydrogen-bond donors (Lipinski definition) is 0. The lowest BCUT2D eigenvalue weighted by atomic mass is 9.99. The van der Waals surface area contributed by atoms with Crippen LogP contribution >= 0.6 is 0 Å². The summed E-state index contributed by atoms with van der Waals surface area (Å²) in [6.07, 6.45) is 3.07. The maximum absolute atomic E-state index is 12.1. The lowest BCUT2D eigenvalue weighted by Gasteiger charge is -2.35. The van der Waals surface area contributed by atoms with Gasteiger partial charge in [-0.2, -0.15) is 4.31 Å². The van der Waals surface area contributed by atoms with E-state index in [1.54, 1.807) is 4.31 Å². The van der Waals surface area contributed by atoms with E-state index >= 15 is 0 Å². The average molecular weight is 368 g/mol. The zero-order valence-electron chi connectivity index (χ0n) is 15.3. The van der Waals surface area contributed by atoms with Crippen LogP contribution in [0.15, 0.2) is 12.1 Å². The Labute approximate surface area is 151 Å². The fourth-order valence-electron chi connectivity index (χ4n) is 3.48. The summed E-state index contributed by atoms with van der Waals surface area (Å²) in [6, 6.07) is 4.05. The monoisotopic (exact) mass is 367 g/mol. The molecule has 7 nitrogen and oxygen atoms in total. The molecule has 8 heteroatoms. The molecular formula is C17H29N5O2S. The van der Waals surface area contributed by atoms with Crippen molar-refractivity contribution in [2.45, 2.75) is 33.1 Å². The fraction of sp³-hybridized carbons (Fsp3) is 0.765. The van der Waals surface area contributed by atoms with Gasteiger partial charge in [-0.05, 0) is 37.3 Å². The Kier molecular flexibility index (Phi) is 5.78. The number of piperazine rings is 1. The SMILES string of the molecule is CCCS(=O)(=O)N1CCN(c2ccc(N3CCC(C)CC3)nn2)CC1. The van der Waals surface area contributed by atoms with Crippen molar-refractivity contribution in [2.24, 2.45) is 5.92 Å². The van der Waals surface area contributed by atoms with Crippen LogP contribution < -0.4 is 9.80 Å². The second kappa shape index (κ2) is 7.86. The van der Waals surface area contributed by atoms with Gasteiger partial charge in [0.15, 0.2) is 11.6 Å². The molecule has 3 rings (SSSR count). The number of anilines is 2. The third kappa shape index (κ3) is 4.41. The maximum Gasteiger partial charge on any atom is 0.214 e. The van der Waals surface area contributed by atoms with E-state index in [0.717, 1.165) is 30.6 Å². The van der Waals surface area contributed by atoms with Crippen molar-refractivity contribution in [3.63, 3.8) is 0 Å². The Morgan fingerprint density at radius 3 is 1.96 bits per heavy atom. The molecule has 0 saturated carbocycles. The Hall–Kier alpha value is -1.41. The first-order valence-corrected chi connectivity index (χ1v) is 10.9. The van der Waals surface area contributed by atoms with Gasteiger partial charge in [0.05, 0.1) is 5.75 Å². The third-order valence-electron chi connectivity index (χ3n) is 5.16. The highest BCUT2D eigenvalue weighted by Crippen LogP contribution is 2.22. The Morgan fingerprint density at radius 1 is 0.960 bits per heavy atom. The second-order valence-electron chi connectivity index (χ2n) is 7.12. The Balaban J connectivity index is 1.57. The molecule has 0 bridgehead atoms. The minimum atomic E-state index is -3.10. The number of rotatable bonds is 5. The molecule has 0 atom stereocenters. The summed E-state index contributed by atoms with van der Waals surface area (Å²) in [5.74, 6) is 2.81. The Bertz CT molecular complexity index is 648. The van der Waals surface area contributed by atoms with Crippen LogP contribution in [0.1, 0.15) is 33.1 Å². The molecular weight excluding hydrogens is 338 g/mol. The lowest BCUT2D eigenvalue weighted by Crippen LogP contribution is -2.49. The normalized spacial score (nSPS) is 20.9. The van der Waals surface area contributed by atoms with E-state index in [1.807, 2.05) is 19.1 Å².